The first-order valence-electron chi connectivity index (χ1n) is 4.75. The van der Waals surface area contributed by atoms with Crippen LogP contribution in [0.4, 0.5) is 0 Å². The number of aromatic carboxylic acids is 1. The smallest absolute Gasteiger partial charge is 0.336 e. The van der Waals surface area contributed by atoms with E-state index >= 15 is 0 Å². The average molecular weight is 237 g/mol. The second kappa shape index (κ2) is 4.91. The molecule has 0 saturated heterocycles. The number of carbonyl (C=O) groups is 1. The number of aromatic amines is 1. The number of aromatic nitrogens is 2. The summed E-state index contributed by atoms with van der Waals surface area (Å²) in [7, 11) is 0. The lowest BCUT2D eigenvalue weighted by molar-refractivity contribution is 0.0697. The molecule has 5 nitrogen and oxygen atoms in total. The van der Waals surface area contributed by atoms with Crippen molar-refractivity contribution in [1.29, 1.82) is 0 Å². The molecule has 0 aromatic carbocycles. The third-order valence-corrected chi connectivity index (χ3v) is 2.98. The van der Waals surface area contributed by atoms with Crippen molar-refractivity contribution in [2.45, 2.75) is 13.1 Å². The molecule has 16 heavy (non-hydrogen) atoms. The fourth-order valence-corrected chi connectivity index (χ4v) is 2.11. The van der Waals surface area contributed by atoms with E-state index in [-0.39, 0.29) is 0 Å². The van der Waals surface area contributed by atoms with Crippen molar-refractivity contribution in [3.63, 3.8) is 0 Å². The molecule has 0 unspecified atom stereocenters. The third-order valence-electron chi connectivity index (χ3n) is 2.05. The number of nitrogens with one attached hydrogen (secondary N) is 2. The highest BCUT2D eigenvalue weighted by molar-refractivity contribution is 7.10. The Kier molecular flexibility index (Phi) is 3.33. The van der Waals surface area contributed by atoms with Crippen LogP contribution in [0.5, 0.6) is 0 Å². The number of carboxylic acid groups (broad SMARTS) is 1. The zero-order chi connectivity index (χ0) is 11.4. The van der Waals surface area contributed by atoms with Gasteiger partial charge in [-0.05, 0) is 6.07 Å². The van der Waals surface area contributed by atoms with Crippen molar-refractivity contribution in [3.05, 3.63) is 40.1 Å². The van der Waals surface area contributed by atoms with Crippen LogP contribution in [0.3, 0.4) is 0 Å². The Balaban J connectivity index is 1.83. The van der Waals surface area contributed by atoms with Gasteiger partial charge in [0.2, 0.25) is 0 Å². The highest BCUT2D eigenvalue weighted by Crippen LogP contribution is 2.14. The molecule has 2 aromatic heterocycles. The number of thiophene rings is 1. The van der Waals surface area contributed by atoms with Crippen LogP contribution in [-0.2, 0) is 13.1 Å². The highest BCUT2D eigenvalue weighted by Gasteiger charge is 2.05. The number of imidazole rings is 1. The minimum atomic E-state index is -0.881. The Morgan fingerprint density at radius 3 is 3.06 bits per heavy atom. The van der Waals surface area contributed by atoms with Gasteiger partial charge in [0.15, 0.2) is 0 Å². The van der Waals surface area contributed by atoms with E-state index in [2.05, 4.69) is 15.3 Å². The molecule has 0 atom stereocenters. The van der Waals surface area contributed by atoms with E-state index < -0.39 is 5.97 Å². The van der Waals surface area contributed by atoms with Gasteiger partial charge in [0.25, 0.3) is 0 Å². The number of H-pyrrole nitrogens is 1. The Labute approximate surface area is 96.2 Å². The lowest BCUT2D eigenvalue weighted by Gasteiger charge is -1.99. The number of rotatable bonds is 5. The second-order valence-electron chi connectivity index (χ2n) is 3.25. The highest BCUT2D eigenvalue weighted by atomic mass is 32.1. The zero-order valence-corrected chi connectivity index (χ0v) is 9.25. The van der Waals surface area contributed by atoms with Crippen molar-refractivity contribution in [2.24, 2.45) is 0 Å². The second-order valence-corrected chi connectivity index (χ2v) is 4.24. The van der Waals surface area contributed by atoms with Crippen molar-refractivity contribution in [3.8, 4) is 0 Å². The van der Waals surface area contributed by atoms with Gasteiger partial charge in [0, 0.05) is 29.2 Å². The molecule has 0 bridgehead atoms. The SMILES string of the molecule is O=C(O)c1csc(CNCc2ncc[nH]2)c1. The van der Waals surface area contributed by atoms with E-state index in [0.29, 0.717) is 18.7 Å². The lowest BCUT2D eigenvalue weighted by Crippen LogP contribution is -2.12. The number of carboxylic acids is 1. The molecule has 84 valence electrons. The fourth-order valence-electron chi connectivity index (χ4n) is 1.28. The van der Waals surface area contributed by atoms with Gasteiger partial charge in [0.05, 0.1) is 12.1 Å². The molecule has 0 aliphatic rings. The van der Waals surface area contributed by atoms with Gasteiger partial charge in [-0.25, -0.2) is 9.78 Å². The van der Waals surface area contributed by atoms with E-state index in [9.17, 15) is 4.79 Å². The molecule has 0 saturated carbocycles. The molecule has 0 amide bonds. The van der Waals surface area contributed by atoms with Gasteiger partial charge >= 0.3 is 5.97 Å². The summed E-state index contributed by atoms with van der Waals surface area (Å²) in [5.74, 6) is -0.0106. The van der Waals surface area contributed by atoms with Gasteiger partial charge in [-0.1, -0.05) is 0 Å². The molecule has 0 aliphatic heterocycles. The summed E-state index contributed by atoms with van der Waals surface area (Å²) in [6.07, 6.45) is 3.47. The molecule has 2 aromatic rings. The maximum absolute atomic E-state index is 10.6. The van der Waals surface area contributed by atoms with E-state index in [1.54, 1.807) is 23.8 Å². The maximum atomic E-state index is 10.6. The number of hydrogen-bond acceptors (Lipinski definition) is 4. The number of nitrogens with zero attached hydrogens (tertiary/aromatic N) is 1. The molecule has 0 aliphatic carbocycles. The van der Waals surface area contributed by atoms with Crippen LogP contribution < -0.4 is 5.32 Å². The first-order chi connectivity index (χ1) is 7.75. The molecule has 2 heterocycles. The standard InChI is InChI=1S/C10H11N3O2S/c14-10(15)7-3-8(16-6-7)4-11-5-9-12-1-2-13-9/h1-3,6,11H,4-5H2,(H,12,13)(H,14,15). The van der Waals surface area contributed by atoms with Crippen molar-refractivity contribution < 1.29 is 9.90 Å². The summed E-state index contributed by atoms with van der Waals surface area (Å²) in [5, 5.41) is 13.6. The van der Waals surface area contributed by atoms with Crippen LogP contribution >= 0.6 is 11.3 Å². The summed E-state index contributed by atoms with van der Waals surface area (Å²) in [4.78, 5) is 18.7. The van der Waals surface area contributed by atoms with Gasteiger partial charge in [-0.2, -0.15) is 0 Å². The van der Waals surface area contributed by atoms with Gasteiger partial charge in [-0.3, -0.25) is 0 Å². The van der Waals surface area contributed by atoms with E-state index in [0.717, 1.165) is 10.7 Å². The molecule has 0 fully saturated rings. The van der Waals surface area contributed by atoms with Gasteiger partial charge in [0.1, 0.15) is 5.82 Å². The summed E-state index contributed by atoms with van der Waals surface area (Å²) >= 11 is 1.44. The minimum absolute atomic E-state index is 0.347. The van der Waals surface area contributed by atoms with Crippen LogP contribution in [-0.4, -0.2) is 21.0 Å². The Morgan fingerprint density at radius 2 is 2.44 bits per heavy atom. The summed E-state index contributed by atoms with van der Waals surface area (Å²) in [6, 6.07) is 1.68. The first-order valence-corrected chi connectivity index (χ1v) is 5.63. The Morgan fingerprint density at radius 1 is 1.56 bits per heavy atom. The zero-order valence-electron chi connectivity index (χ0n) is 8.43. The van der Waals surface area contributed by atoms with Crippen LogP contribution in [0.1, 0.15) is 21.1 Å². The third kappa shape index (κ3) is 2.68. The molecule has 0 spiro atoms. The molecule has 6 heteroatoms. The molecular formula is C10H11N3O2S. The van der Waals surface area contributed by atoms with Crippen LogP contribution in [0.15, 0.2) is 23.8 Å². The predicted molar refractivity (Wildman–Crippen MR) is 60.4 cm³/mol. The van der Waals surface area contributed by atoms with Gasteiger partial charge < -0.3 is 15.4 Å². The number of hydrogen-bond donors (Lipinski definition) is 3. The molecular weight excluding hydrogens is 226 g/mol. The Bertz CT molecular complexity index is 464. The molecule has 0 radical (unpaired) electrons. The minimum Gasteiger partial charge on any atom is -0.478 e. The van der Waals surface area contributed by atoms with E-state index in [4.69, 9.17) is 5.11 Å². The van der Waals surface area contributed by atoms with Crippen molar-refractivity contribution in [2.75, 3.05) is 0 Å². The topological polar surface area (TPSA) is 78.0 Å². The monoisotopic (exact) mass is 237 g/mol. The Hall–Kier alpha value is -1.66. The molecule has 2 rings (SSSR count). The quantitative estimate of drug-likeness (QED) is 0.735. The largest absolute Gasteiger partial charge is 0.478 e. The predicted octanol–water partition coefficient (Wildman–Crippen LogP) is 1.46. The fraction of sp³-hybridized carbons (Fsp3) is 0.200. The van der Waals surface area contributed by atoms with Crippen molar-refractivity contribution in [1.82, 2.24) is 15.3 Å². The summed E-state index contributed by atoms with van der Waals surface area (Å²) in [5.41, 5.74) is 0.347. The molecule has 3 N–H and O–H groups in total. The lowest BCUT2D eigenvalue weighted by atomic mass is 10.3. The van der Waals surface area contributed by atoms with Crippen molar-refractivity contribution >= 4 is 17.3 Å². The van der Waals surface area contributed by atoms with Crippen LogP contribution in [0.2, 0.25) is 0 Å². The van der Waals surface area contributed by atoms with Crippen LogP contribution in [0.25, 0.3) is 0 Å². The average Bonchev–Trinajstić information content (AvgIpc) is 2.87. The summed E-state index contributed by atoms with van der Waals surface area (Å²) in [6.45, 7) is 1.30. The maximum Gasteiger partial charge on any atom is 0.336 e. The summed E-state index contributed by atoms with van der Waals surface area (Å²) < 4.78 is 0. The van der Waals surface area contributed by atoms with E-state index in [1.807, 2.05) is 0 Å². The van der Waals surface area contributed by atoms with Gasteiger partial charge in [-0.15, -0.1) is 11.3 Å². The first kappa shape index (κ1) is 10.8. The van der Waals surface area contributed by atoms with E-state index in [1.165, 1.54) is 11.3 Å². The van der Waals surface area contributed by atoms with Crippen LogP contribution in [0, 0.1) is 0 Å². The normalized spacial score (nSPS) is 10.5.